The highest BCUT2D eigenvalue weighted by atomic mass is 35.5. The SMILES string of the molecule is CC1CCC(Cc2ccc(Cl)cc2)CN1. The molecule has 2 atom stereocenters. The fourth-order valence-electron chi connectivity index (χ4n) is 2.19. The number of hydrogen-bond donors (Lipinski definition) is 1. The molecule has 0 radical (unpaired) electrons. The van der Waals surface area contributed by atoms with E-state index in [1.807, 2.05) is 12.1 Å². The molecule has 0 spiro atoms. The first-order valence-corrected chi connectivity index (χ1v) is 6.09. The lowest BCUT2D eigenvalue weighted by Gasteiger charge is -2.27. The topological polar surface area (TPSA) is 12.0 Å². The molecule has 1 aliphatic rings. The second-order valence-corrected chi connectivity index (χ2v) is 5.02. The van der Waals surface area contributed by atoms with Crippen molar-refractivity contribution in [2.45, 2.75) is 32.2 Å². The van der Waals surface area contributed by atoms with Crippen LogP contribution in [0.2, 0.25) is 5.02 Å². The Morgan fingerprint density at radius 3 is 2.60 bits per heavy atom. The van der Waals surface area contributed by atoms with E-state index in [4.69, 9.17) is 11.6 Å². The number of benzene rings is 1. The van der Waals surface area contributed by atoms with Crippen LogP contribution in [0.4, 0.5) is 0 Å². The second-order valence-electron chi connectivity index (χ2n) is 4.58. The van der Waals surface area contributed by atoms with Gasteiger partial charge in [0.15, 0.2) is 0 Å². The Bertz CT molecular complexity index is 299. The first kappa shape index (κ1) is 11.0. The molecule has 0 aliphatic carbocycles. The van der Waals surface area contributed by atoms with Crippen LogP contribution in [0.1, 0.15) is 25.3 Å². The Hall–Kier alpha value is -0.530. The van der Waals surface area contributed by atoms with Crippen molar-refractivity contribution in [3.05, 3.63) is 34.9 Å². The van der Waals surface area contributed by atoms with Gasteiger partial charge in [-0.1, -0.05) is 23.7 Å². The normalized spacial score (nSPS) is 26.5. The molecule has 1 aromatic rings. The maximum Gasteiger partial charge on any atom is 0.0406 e. The van der Waals surface area contributed by atoms with Gasteiger partial charge in [0.25, 0.3) is 0 Å². The minimum absolute atomic E-state index is 0.700. The summed E-state index contributed by atoms with van der Waals surface area (Å²) >= 11 is 5.86. The number of halogens is 1. The highest BCUT2D eigenvalue weighted by Crippen LogP contribution is 2.20. The quantitative estimate of drug-likeness (QED) is 0.812. The van der Waals surface area contributed by atoms with Gasteiger partial charge in [-0.15, -0.1) is 0 Å². The van der Waals surface area contributed by atoms with Crippen molar-refractivity contribution in [2.75, 3.05) is 6.54 Å². The largest absolute Gasteiger partial charge is 0.314 e. The number of nitrogens with one attached hydrogen (secondary N) is 1. The Labute approximate surface area is 96.8 Å². The summed E-state index contributed by atoms with van der Waals surface area (Å²) in [6.45, 7) is 3.42. The van der Waals surface area contributed by atoms with E-state index in [-0.39, 0.29) is 0 Å². The van der Waals surface area contributed by atoms with Crippen LogP contribution < -0.4 is 5.32 Å². The van der Waals surface area contributed by atoms with Crippen molar-refractivity contribution < 1.29 is 0 Å². The zero-order chi connectivity index (χ0) is 10.7. The van der Waals surface area contributed by atoms with E-state index < -0.39 is 0 Å². The highest BCUT2D eigenvalue weighted by Gasteiger charge is 2.17. The van der Waals surface area contributed by atoms with Gasteiger partial charge in [0, 0.05) is 11.1 Å². The molecule has 1 N–H and O–H groups in total. The highest BCUT2D eigenvalue weighted by molar-refractivity contribution is 6.30. The molecule has 82 valence electrons. The van der Waals surface area contributed by atoms with E-state index in [1.54, 1.807) is 0 Å². The molecule has 1 nitrogen and oxygen atoms in total. The van der Waals surface area contributed by atoms with Crippen molar-refractivity contribution in [1.29, 1.82) is 0 Å². The van der Waals surface area contributed by atoms with Crippen LogP contribution in [0.3, 0.4) is 0 Å². The van der Waals surface area contributed by atoms with Gasteiger partial charge in [-0.05, 0) is 56.3 Å². The van der Waals surface area contributed by atoms with Gasteiger partial charge in [0.05, 0.1) is 0 Å². The van der Waals surface area contributed by atoms with Crippen LogP contribution in [0, 0.1) is 5.92 Å². The number of hydrogen-bond acceptors (Lipinski definition) is 1. The van der Waals surface area contributed by atoms with Gasteiger partial charge < -0.3 is 5.32 Å². The standard InChI is InChI=1S/C13H18ClN/c1-10-2-3-12(9-15-10)8-11-4-6-13(14)7-5-11/h4-7,10,12,15H,2-3,8-9H2,1H3. The van der Waals surface area contributed by atoms with E-state index in [1.165, 1.54) is 24.8 Å². The van der Waals surface area contributed by atoms with E-state index >= 15 is 0 Å². The van der Waals surface area contributed by atoms with Crippen molar-refractivity contribution in [1.82, 2.24) is 5.32 Å². The average Bonchev–Trinajstić information content (AvgIpc) is 2.25. The molecule has 1 aromatic carbocycles. The third-order valence-corrected chi connectivity index (χ3v) is 3.45. The van der Waals surface area contributed by atoms with Crippen LogP contribution >= 0.6 is 11.6 Å². The second kappa shape index (κ2) is 5.00. The molecule has 0 saturated carbocycles. The van der Waals surface area contributed by atoms with Crippen molar-refractivity contribution in [3.8, 4) is 0 Å². The molecule has 0 aromatic heterocycles. The summed E-state index contributed by atoms with van der Waals surface area (Å²) in [5.41, 5.74) is 1.40. The minimum Gasteiger partial charge on any atom is -0.314 e. The predicted molar refractivity (Wildman–Crippen MR) is 65.3 cm³/mol. The molecular formula is C13H18ClN. The van der Waals surface area contributed by atoms with Crippen LogP contribution in [0.25, 0.3) is 0 Å². The van der Waals surface area contributed by atoms with Gasteiger partial charge in [-0.3, -0.25) is 0 Å². The maximum atomic E-state index is 5.86. The zero-order valence-electron chi connectivity index (χ0n) is 9.17. The Kier molecular flexibility index (Phi) is 3.66. The summed E-state index contributed by atoms with van der Waals surface area (Å²) in [5, 5.41) is 4.37. The zero-order valence-corrected chi connectivity index (χ0v) is 9.93. The first-order chi connectivity index (χ1) is 7.24. The van der Waals surface area contributed by atoms with Gasteiger partial charge >= 0.3 is 0 Å². The summed E-state index contributed by atoms with van der Waals surface area (Å²) < 4.78 is 0. The molecule has 1 fully saturated rings. The maximum absolute atomic E-state index is 5.86. The van der Waals surface area contributed by atoms with Gasteiger partial charge in [-0.25, -0.2) is 0 Å². The van der Waals surface area contributed by atoms with Crippen LogP contribution in [0.15, 0.2) is 24.3 Å². The number of piperidine rings is 1. The molecule has 1 aliphatic heterocycles. The minimum atomic E-state index is 0.700. The average molecular weight is 224 g/mol. The van der Waals surface area contributed by atoms with Crippen molar-refractivity contribution in [3.63, 3.8) is 0 Å². The van der Waals surface area contributed by atoms with Gasteiger partial charge in [0.1, 0.15) is 0 Å². The predicted octanol–water partition coefficient (Wildman–Crippen LogP) is 3.27. The lowest BCUT2D eigenvalue weighted by atomic mass is 9.90. The molecule has 0 amide bonds. The lowest BCUT2D eigenvalue weighted by molar-refractivity contribution is 0.322. The molecule has 1 heterocycles. The van der Waals surface area contributed by atoms with Crippen LogP contribution in [0.5, 0.6) is 0 Å². The van der Waals surface area contributed by atoms with E-state index in [0.717, 1.165) is 17.5 Å². The molecule has 1 saturated heterocycles. The first-order valence-electron chi connectivity index (χ1n) is 5.72. The fraction of sp³-hybridized carbons (Fsp3) is 0.538. The van der Waals surface area contributed by atoms with Gasteiger partial charge in [0.2, 0.25) is 0 Å². The van der Waals surface area contributed by atoms with Crippen LogP contribution in [-0.4, -0.2) is 12.6 Å². The molecule has 0 bridgehead atoms. The third-order valence-electron chi connectivity index (χ3n) is 3.20. The third kappa shape index (κ3) is 3.22. The number of rotatable bonds is 2. The Balaban J connectivity index is 1.89. The molecule has 15 heavy (non-hydrogen) atoms. The molecule has 2 unspecified atom stereocenters. The monoisotopic (exact) mass is 223 g/mol. The van der Waals surface area contributed by atoms with Gasteiger partial charge in [-0.2, -0.15) is 0 Å². The summed E-state index contributed by atoms with van der Waals surface area (Å²) in [7, 11) is 0. The summed E-state index contributed by atoms with van der Waals surface area (Å²) in [6, 6.07) is 8.94. The molecule has 2 rings (SSSR count). The van der Waals surface area contributed by atoms with Crippen LogP contribution in [-0.2, 0) is 6.42 Å². The van der Waals surface area contributed by atoms with E-state index in [0.29, 0.717) is 6.04 Å². The fourth-order valence-corrected chi connectivity index (χ4v) is 2.31. The van der Waals surface area contributed by atoms with Crippen molar-refractivity contribution in [2.24, 2.45) is 5.92 Å². The summed E-state index contributed by atoms with van der Waals surface area (Å²) in [4.78, 5) is 0. The Morgan fingerprint density at radius 2 is 2.00 bits per heavy atom. The molecular weight excluding hydrogens is 206 g/mol. The molecule has 2 heteroatoms. The lowest BCUT2D eigenvalue weighted by Crippen LogP contribution is -2.37. The Morgan fingerprint density at radius 1 is 1.27 bits per heavy atom. The smallest absolute Gasteiger partial charge is 0.0406 e. The summed E-state index contributed by atoms with van der Waals surface area (Å²) in [6.07, 6.45) is 3.83. The van der Waals surface area contributed by atoms with Crippen molar-refractivity contribution >= 4 is 11.6 Å². The summed E-state index contributed by atoms with van der Waals surface area (Å²) in [5.74, 6) is 0.794. The van der Waals surface area contributed by atoms with E-state index in [9.17, 15) is 0 Å². The van der Waals surface area contributed by atoms with E-state index in [2.05, 4.69) is 24.4 Å².